The number of carbonyl (C=O) groups is 2. The first-order valence-corrected chi connectivity index (χ1v) is 7.51. The molecular formula is C16H17N3O7. The van der Waals surface area contributed by atoms with Crippen molar-refractivity contribution < 1.29 is 28.5 Å². The highest BCUT2D eigenvalue weighted by molar-refractivity contribution is 5.98. The number of benzene rings is 1. The topological polar surface area (TPSA) is 134 Å². The van der Waals surface area contributed by atoms with Crippen LogP contribution in [0.4, 0.5) is 11.4 Å². The maximum atomic E-state index is 12.3. The van der Waals surface area contributed by atoms with Crippen molar-refractivity contribution in [3.05, 3.63) is 45.3 Å². The number of aryl methyl sites for hydroxylation is 2. The molecule has 0 aliphatic rings. The van der Waals surface area contributed by atoms with Crippen LogP contribution in [0.3, 0.4) is 0 Å². The van der Waals surface area contributed by atoms with E-state index in [2.05, 4.69) is 10.5 Å². The van der Waals surface area contributed by atoms with Crippen LogP contribution in [0.5, 0.6) is 5.75 Å². The normalized spacial score (nSPS) is 11.5. The first-order valence-electron chi connectivity index (χ1n) is 7.51. The van der Waals surface area contributed by atoms with Gasteiger partial charge in [-0.2, -0.15) is 0 Å². The van der Waals surface area contributed by atoms with Crippen molar-refractivity contribution in [2.45, 2.75) is 26.9 Å². The highest BCUT2D eigenvalue weighted by atomic mass is 16.6. The fourth-order valence-electron chi connectivity index (χ4n) is 2.19. The van der Waals surface area contributed by atoms with E-state index in [9.17, 15) is 19.7 Å². The van der Waals surface area contributed by atoms with E-state index in [1.54, 1.807) is 13.8 Å². The molecule has 1 aromatic carbocycles. The molecule has 0 radical (unpaired) electrons. The number of methoxy groups -OCH3 is 1. The number of nitro groups is 1. The van der Waals surface area contributed by atoms with Crippen molar-refractivity contribution in [2.24, 2.45) is 0 Å². The number of nitro benzene ring substituents is 1. The van der Waals surface area contributed by atoms with Crippen LogP contribution < -0.4 is 10.1 Å². The van der Waals surface area contributed by atoms with E-state index in [-0.39, 0.29) is 28.4 Å². The number of aromatic nitrogens is 1. The van der Waals surface area contributed by atoms with Crippen molar-refractivity contribution in [2.75, 3.05) is 12.4 Å². The second-order valence-electron chi connectivity index (χ2n) is 5.38. The number of carbonyl (C=O) groups excluding carboxylic acids is 2. The number of esters is 1. The number of hydrogen-bond acceptors (Lipinski definition) is 8. The first-order chi connectivity index (χ1) is 12.2. The summed E-state index contributed by atoms with van der Waals surface area (Å²) in [7, 11) is 1.36. The van der Waals surface area contributed by atoms with Gasteiger partial charge in [0.05, 0.1) is 23.4 Å². The molecule has 1 amide bonds. The highest BCUT2D eigenvalue weighted by Crippen LogP contribution is 2.29. The third kappa shape index (κ3) is 3.97. The molecule has 10 heteroatoms. The Morgan fingerprint density at radius 1 is 1.35 bits per heavy atom. The van der Waals surface area contributed by atoms with Gasteiger partial charge in [0.2, 0.25) is 0 Å². The Kier molecular flexibility index (Phi) is 5.55. The van der Waals surface area contributed by atoms with E-state index in [0.29, 0.717) is 5.69 Å². The van der Waals surface area contributed by atoms with Crippen LogP contribution in [0.2, 0.25) is 0 Å². The summed E-state index contributed by atoms with van der Waals surface area (Å²) in [6.07, 6.45) is -1.17. The third-order valence-corrected chi connectivity index (χ3v) is 3.54. The zero-order valence-corrected chi connectivity index (χ0v) is 14.6. The number of nitrogens with zero attached hydrogens (tertiary/aromatic N) is 2. The standard InChI is InChI=1S/C16H17N3O7/c1-8-14(9(2)26-18-8)16(21)25-10(3)15(20)17-12-7-11(19(22)23)5-6-13(12)24-4/h5-7,10H,1-4H3,(H,17,20). The van der Waals surface area contributed by atoms with Gasteiger partial charge in [-0.1, -0.05) is 5.16 Å². The van der Waals surface area contributed by atoms with E-state index in [1.807, 2.05) is 0 Å². The Morgan fingerprint density at radius 2 is 2.04 bits per heavy atom. The molecule has 1 atom stereocenters. The minimum Gasteiger partial charge on any atom is -0.495 e. The van der Waals surface area contributed by atoms with E-state index >= 15 is 0 Å². The maximum absolute atomic E-state index is 12.3. The molecule has 0 aliphatic carbocycles. The van der Waals surface area contributed by atoms with Gasteiger partial charge in [0, 0.05) is 12.1 Å². The number of hydrogen-bond donors (Lipinski definition) is 1. The average molecular weight is 363 g/mol. The molecule has 0 fully saturated rings. The number of non-ortho nitro benzene ring substituents is 1. The van der Waals surface area contributed by atoms with Gasteiger partial charge in [-0.15, -0.1) is 0 Å². The number of amides is 1. The molecule has 0 saturated carbocycles. The molecule has 26 heavy (non-hydrogen) atoms. The van der Waals surface area contributed by atoms with E-state index in [0.717, 1.165) is 6.07 Å². The fraction of sp³-hybridized carbons (Fsp3) is 0.312. The Morgan fingerprint density at radius 3 is 2.58 bits per heavy atom. The molecule has 1 unspecified atom stereocenters. The minimum absolute atomic E-state index is 0.0898. The number of rotatable bonds is 6. The molecule has 2 rings (SSSR count). The van der Waals surface area contributed by atoms with E-state index < -0.39 is 22.9 Å². The number of anilines is 1. The molecule has 1 heterocycles. The van der Waals surface area contributed by atoms with Crippen LogP contribution in [0.1, 0.15) is 28.7 Å². The molecule has 138 valence electrons. The summed E-state index contributed by atoms with van der Waals surface area (Å²) in [5, 5.41) is 17.0. The lowest BCUT2D eigenvalue weighted by molar-refractivity contribution is -0.384. The van der Waals surface area contributed by atoms with E-state index in [1.165, 1.54) is 26.2 Å². The zero-order chi connectivity index (χ0) is 19.4. The minimum atomic E-state index is -1.17. The largest absolute Gasteiger partial charge is 0.495 e. The lowest BCUT2D eigenvalue weighted by Gasteiger charge is -2.15. The second-order valence-corrected chi connectivity index (χ2v) is 5.38. The van der Waals surface area contributed by atoms with Gasteiger partial charge in [-0.3, -0.25) is 14.9 Å². The molecule has 0 spiro atoms. The maximum Gasteiger partial charge on any atom is 0.344 e. The summed E-state index contributed by atoms with van der Waals surface area (Å²) in [4.78, 5) is 34.7. The van der Waals surface area contributed by atoms with Crippen LogP contribution in [-0.2, 0) is 9.53 Å². The summed E-state index contributed by atoms with van der Waals surface area (Å²) in [6.45, 7) is 4.50. The molecule has 10 nitrogen and oxygen atoms in total. The number of ether oxygens (including phenoxy) is 2. The third-order valence-electron chi connectivity index (χ3n) is 3.54. The summed E-state index contributed by atoms with van der Waals surface area (Å²) in [5.74, 6) is -0.924. The van der Waals surface area contributed by atoms with Gasteiger partial charge >= 0.3 is 5.97 Å². The van der Waals surface area contributed by atoms with Crippen LogP contribution in [0.25, 0.3) is 0 Å². The lowest BCUT2D eigenvalue weighted by Crippen LogP contribution is -2.30. The van der Waals surface area contributed by atoms with Crippen LogP contribution in [0.15, 0.2) is 22.7 Å². The Labute approximate surface area is 148 Å². The monoisotopic (exact) mass is 363 g/mol. The van der Waals surface area contributed by atoms with Crippen LogP contribution >= 0.6 is 0 Å². The van der Waals surface area contributed by atoms with Gasteiger partial charge < -0.3 is 19.3 Å². The Hall–Kier alpha value is -3.43. The van der Waals surface area contributed by atoms with Gasteiger partial charge in [-0.05, 0) is 26.8 Å². The predicted octanol–water partition coefficient (Wildman–Crippen LogP) is 2.39. The Balaban J connectivity index is 2.13. The van der Waals surface area contributed by atoms with Gasteiger partial charge in [0.15, 0.2) is 6.10 Å². The zero-order valence-electron chi connectivity index (χ0n) is 14.6. The van der Waals surface area contributed by atoms with Gasteiger partial charge in [0.1, 0.15) is 17.1 Å². The predicted molar refractivity (Wildman–Crippen MR) is 89.1 cm³/mol. The van der Waals surface area contributed by atoms with Crippen molar-refractivity contribution >= 4 is 23.3 Å². The SMILES string of the molecule is COc1ccc([N+](=O)[O-])cc1NC(=O)C(C)OC(=O)c1c(C)noc1C. The molecule has 2 aromatic rings. The molecule has 0 aliphatic heterocycles. The first kappa shape index (κ1) is 18.9. The molecule has 1 aromatic heterocycles. The molecule has 0 bridgehead atoms. The van der Waals surface area contributed by atoms with Gasteiger partial charge in [-0.25, -0.2) is 4.79 Å². The van der Waals surface area contributed by atoms with Crippen molar-refractivity contribution in [1.82, 2.24) is 5.16 Å². The highest BCUT2D eigenvalue weighted by Gasteiger charge is 2.25. The summed E-state index contributed by atoms with van der Waals surface area (Å²) in [5.41, 5.74) is 0.367. The molecular weight excluding hydrogens is 346 g/mol. The summed E-state index contributed by atoms with van der Waals surface area (Å²) in [6, 6.07) is 3.75. The molecule has 1 N–H and O–H groups in total. The van der Waals surface area contributed by atoms with Crippen molar-refractivity contribution in [1.29, 1.82) is 0 Å². The van der Waals surface area contributed by atoms with E-state index in [4.69, 9.17) is 14.0 Å². The smallest absolute Gasteiger partial charge is 0.344 e. The lowest BCUT2D eigenvalue weighted by atomic mass is 10.2. The summed E-state index contributed by atoms with van der Waals surface area (Å²) >= 11 is 0. The van der Waals surface area contributed by atoms with Crippen LogP contribution in [0, 0.1) is 24.0 Å². The van der Waals surface area contributed by atoms with Gasteiger partial charge in [0.25, 0.3) is 11.6 Å². The fourth-order valence-corrected chi connectivity index (χ4v) is 2.19. The van der Waals surface area contributed by atoms with Crippen LogP contribution in [-0.4, -0.2) is 35.2 Å². The van der Waals surface area contributed by atoms with Crippen molar-refractivity contribution in [3.8, 4) is 5.75 Å². The Bertz CT molecular complexity index is 840. The molecule has 0 saturated heterocycles. The second kappa shape index (κ2) is 7.64. The average Bonchev–Trinajstić information content (AvgIpc) is 2.93. The summed E-state index contributed by atoms with van der Waals surface area (Å²) < 4.78 is 15.1. The van der Waals surface area contributed by atoms with Crippen molar-refractivity contribution in [3.63, 3.8) is 0 Å². The number of nitrogens with one attached hydrogen (secondary N) is 1. The quantitative estimate of drug-likeness (QED) is 0.470.